The molecule has 7 heteroatoms. The van der Waals surface area contributed by atoms with Gasteiger partial charge < -0.3 is 15.0 Å². The normalized spacial score (nSPS) is 18.8. The SMILES string of the molecule is Cc1ccc(C2CC23C(=O)Nc2cc(Cl)c(-c4ccc(-c5ccc(-n6ccnc6C)cc5)cc4)cc23)cc1C(=O)O. The molecule has 2 heterocycles. The molecule has 1 fully saturated rings. The molecule has 2 unspecified atom stereocenters. The third-order valence-corrected chi connectivity index (χ3v) is 8.91. The first-order chi connectivity index (χ1) is 19.8. The van der Waals surface area contributed by atoms with Crippen molar-refractivity contribution in [3.05, 3.63) is 124 Å². The number of carbonyl (C=O) groups is 2. The number of benzene rings is 4. The minimum atomic E-state index is -0.961. The maximum absolute atomic E-state index is 13.3. The standard InChI is InChI=1S/C34H26ClN3O3/c1-19-3-4-24(15-26(19)32(39)40)29-18-34(29)28-16-27(30(35)17-31(28)37-33(34)41)23-7-5-21(6-8-23)22-9-11-25(12-10-22)38-14-13-36-20(38)2/h3-17,29H,18H2,1-2H3,(H,37,41)(H,39,40). The van der Waals surface area contributed by atoms with Gasteiger partial charge >= 0.3 is 5.97 Å². The van der Waals surface area contributed by atoms with Crippen molar-refractivity contribution in [2.75, 3.05) is 5.32 Å². The van der Waals surface area contributed by atoms with Gasteiger partial charge in [-0.25, -0.2) is 9.78 Å². The number of aryl methyl sites for hydroxylation is 2. The number of aromatic nitrogens is 2. The molecule has 0 saturated heterocycles. The Balaban J connectivity index is 1.19. The van der Waals surface area contributed by atoms with Crippen LogP contribution in [0.3, 0.4) is 0 Å². The van der Waals surface area contributed by atoms with Crippen molar-refractivity contribution in [2.45, 2.75) is 31.6 Å². The minimum Gasteiger partial charge on any atom is -0.478 e. The number of hydrogen-bond donors (Lipinski definition) is 2. The van der Waals surface area contributed by atoms with Gasteiger partial charge in [0, 0.05) is 35.2 Å². The van der Waals surface area contributed by atoms with Crippen LogP contribution in [0.4, 0.5) is 5.69 Å². The summed E-state index contributed by atoms with van der Waals surface area (Å²) < 4.78 is 2.05. The van der Waals surface area contributed by atoms with Crippen molar-refractivity contribution >= 4 is 29.2 Å². The molecule has 0 bridgehead atoms. The number of carboxylic acid groups (broad SMARTS) is 1. The number of hydrogen-bond acceptors (Lipinski definition) is 3. The molecule has 1 aromatic heterocycles. The van der Waals surface area contributed by atoms with Gasteiger partial charge in [0.2, 0.25) is 5.91 Å². The largest absolute Gasteiger partial charge is 0.478 e. The van der Waals surface area contributed by atoms with E-state index in [1.54, 1.807) is 19.2 Å². The average molecular weight is 560 g/mol. The van der Waals surface area contributed by atoms with Crippen LogP contribution in [0.15, 0.2) is 91.3 Å². The lowest BCUT2D eigenvalue weighted by molar-refractivity contribution is -0.118. The van der Waals surface area contributed by atoms with E-state index < -0.39 is 11.4 Å². The summed E-state index contributed by atoms with van der Waals surface area (Å²) in [5, 5.41) is 13.2. The Hall–Kier alpha value is -4.68. The summed E-state index contributed by atoms with van der Waals surface area (Å²) in [7, 11) is 0. The van der Waals surface area contributed by atoms with Gasteiger partial charge in [0.05, 0.1) is 16.0 Å². The molecule has 6 nitrogen and oxygen atoms in total. The van der Waals surface area contributed by atoms with Gasteiger partial charge in [-0.3, -0.25) is 4.79 Å². The number of rotatable bonds is 5. The Kier molecular flexibility index (Phi) is 5.66. The van der Waals surface area contributed by atoms with Crippen LogP contribution < -0.4 is 5.32 Å². The first-order valence-corrected chi connectivity index (χ1v) is 13.8. The highest BCUT2D eigenvalue weighted by molar-refractivity contribution is 6.34. The van der Waals surface area contributed by atoms with Crippen molar-refractivity contribution in [1.29, 1.82) is 0 Å². The lowest BCUT2D eigenvalue weighted by atomic mass is 9.89. The van der Waals surface area contributed by atoms with E-state index in [4.69, 9.17) is 11.6 Å². The zero-order valence-corrected chi connectivity index (χ0v) is 23.2. The molecule has 7 rings (SSSR count). The van der Waals surface area contributed by atoms with Gasteiger partial charge in [-0.05, 0) is 84.0 Å². The Morgan fingerprint density at radius 3 is 2.32 bits per heavy atom. The second-order valence-electron chi connectivity index (χ2n) is 10.9. The molecular weight excluding hydrogens is 534 g/mol. The Labute approximate surface area is 242 Å². The highest BCUT2D eigenvalue weighted by atomic mass is 35.5. The number of fused-ring (bicyclic) bond motifs is 2. The molecule has 1 spiro atoms. The number of aromatic carboxylic acids is 1. The van der Waals surface area contributed by atoms with Crippen LogP contribution in [0.1, 0.15) is 45.2 Å². The van der Waals surface area contributed by atoms with Crippen molar-refractivity contribution in [3.63, 3.8) is 0 Å². The number of nitrogens with one attached hydrogen (secondary N) is 1. The van der Waals surface area contributed by atoms with E-state index in [0.29, 0.717) is 17.0 Å². The van der Waals surface area contributed by atoms with E-state index in [-0.39, 0.29) is 17.4 Å². The smallest absolute Gasteiger partial charge is 0.335 e. The molecule has 41 heavy (non-hydrogen) atoms. The molecule has 2 aliphatic rings. The van der Waals surface area contributed by atoms with E-state index in [1.165, 1.54) is 0 Å². The zero-order valence-electron chi connectivity index (χ0n) is 22.5. The van der Waals surface area contributed by atoms with Crippen LogP contribution >= 0.6 is 11.6 Å². The summed E-state index contributed by atoms with van der Waals surface area (Å²) in [4.78, 5) is 29.3. The highest BCUT2D eigenvalue weighted by Gasteiger charge is 2.65. The van der Waals surface area contributed by atoms with E-state index >= 15 is 0 Å². The molecule has 0 radical (unpaired) electrons. The van der Waals surface area contributed by atoms with Gasteiger partial charge in [0.15, 0.2) is 0 Å². The number of imidazole rings is 1. The lowest BCUT2D eigenvalue weighted by Crippen LogP contribution is -2.21. The third-order valence-electron chi connectivity index (χ3n) is 8.60. The van der Waals surface area contributed by atoms with E-state index in [0.717, 1.165) is 50.6 Å². The molecule has 2 atom stereocenters. The van der Waals surface area contributed by atoms with Crippen molar-refractivity contribution in [3.8, 4) is 27.9 Å². The second-order valence-corrected chi connectivity index (χ2v) is 11.3. The summed E-state index contributed by atoms with van der Waals surface area (Å²) in [5.41, 5.74) is 7.84. The zero-order chi connectivity index (χ0) is 28.5. The van der Waals surface area contributed by atoms with Gasteiger partial charge in [-0.15, -0.1) is 0 Å². The topological polar surface area (TPSA) is 84.2 Å². The number of carboxylic acids is 1. The van der Waals surface area contributed by atoms with E-state index in [1.807, 2.05) is 42.0 Å². The predicted molar refractivity (Wildman–Crippen MR) is 160 cm³/mol. The summed E-state index contributed by atoms with van der Waals surface area (Å²) in [6, 6.07) is 25.9. The van der Waals surface area contributed by atoms with Crippen molar-refractivity contribution in [1.82, 2.24) is 9.55 Å². The summed E-state index contributed by atoms with van der Waals surface area (Å²) in [5.74, 6) is -0.175. The Morgan fingerprint density at radius 2 is 1.66 bits per heavy atom. The maximum atomic E-state index is 13.3. The number of amides is 1. The van der Waals surface area contributed by atoms with Gasteiger partial charge in [-0.1, -0.05) is 60.1 Å². The van der Waals surface area contributed by atoms with E-state index in [9.17, 15) is 14.7 Å². The first-order valence-electron chi connectivity index (χ1n) is 13.5. The fourth-order valence-corrected chi connectivity index (χ4v) is 6.50. The second kappa shape index (κ2) is 9.18. The van der Waals surface area contributed by atoms with Crippen LogP contribution in [0.5, 0.6) is 0 Å². The molecule has 2 N–H and O–H groups in total. The molecule has 1 saturated carbocycles. The van der Waals surface area contributed by atoms with E-state index in [2.05, 4.69) is 58.8 Å². The minimum absolute atomic E-state index is 0.0622. The van der Waals surface area contributed by atoms with Gasteiger partial charge in [0.25, 0.3) is 0 Å². The summed E-state index contributed by atoms with van der Waals surface area (Å²) >= 11 is 6.74. The van der Waals surface area contributed by atoms with Crippen LogP contribution in [0, 0.1) is 13.8 Å². The van der Waals surface area contributed by atoms with Gasteiger partial charge in [-0.2, -0.15) is 0 Å². The predicted octanol–water partition coefficient (Wildman–Crippen LogP) is 7.55. The average Bonchev–Trinajstić information content (AvgIpc) is 3.48. The summed E-state index contributed by atoms with van der Waals surface area (Å²) in [6.07, 6.45) is 4.37. The number of nitrogens with zero attached hydrogens (tertiary/aromatic N) is 2. The quantitative estimate of drug-likeness (QED) is 0.233. The molecule has 1 aliphatic heterocycles. The summed E-state index contributed by atoms with van der Waals surface area (Å²) in [6.45, 7) is 3.76. The number of anilines is 1. The van der Waals surface area contributed by atoms with Gasteiger partial charge in [0.1, 0.15) is 5.82 Å². The molecule has 5 aromatic rings. The first kappa shape index (κ1) is 25.3. The number of halogens is 1. The molecular formula is C34H26ClN3O3. The van der Waals surface area contributed by atoms with Crippen LogP contribution in [-0.2, 0) is 10.2 Å². The van der Waals surface area contributed by atoms with Crippen LogP contribution in [0.25, 0.3) is 27.9 Å². The fraction of sp³-hybridized carbons (Fsp3) is 0.147. The van der Waals surface area contributed by atoms with Crippen molar-refractivity contribution in [2.24, 2.45) is 0 Å². The fourth-order valence-electron chi connectivity index (χ4n) is 6.23. The molecule has 1 amide bonds. The van der Waals surface area contributed by atoms with Crippen molar-refractivity contribution < 1.29 is 14.7 Å². The molecule has 1 aliphatic carbocycles. The monoisotopic (exact) mass is 559 g/mol. The Bertz CT molecular complexity index is 1880. The lowest BCUT2D eigenvalue weighted by Gasteiger charge is -2.13. The molecule has 4 aromatic carbocycles. The highest BCUT2D eigenvalue weighted by Crippen LogP contribution is 2.65. The Morgan fingerprint density at radius 1 is 0.976 bits per heavy atom. The molecule has 202 valence electrons. The third kappa shape index (κ3) is 3.98. The maximum Gasteiger partial charge on any atom is 0.335 e. The van der Waals surface area contributed by atoms with Crippen LogP contribution in [-0.4, -0.2) is 26.5 Å². The van der Waals surface area contributed by atoms with Crippen LogP contribution in [0.2, 0.25) is 5.02 Å². The number of carbonyl (C=O) groups excluding carboxylic acids is 1.